The molecule has 7 heteroatoms. The molecule has 1 saturated carbocycles. The molecule has 1 aromatic rings. The number of thioether (sulfide) groups is 1. The summed E-state index contributed by atoms with van der Waals surface area (Å²) in [7, 11) is 0. The summed E-state index contributed by atoms with van der Waals surface area (Å²) >= 11 is 2.96. The van der Waals surface area contributed by atoms with Gasteiger partial charge in [-0.2, -0.15) is 24.9 Å². The van der Waals surface area contributed by atoms with E-state index < -0.39 is 11.9 Å². The lowest BCUT2D eigenvalue weighted by Crippen LogP contribution is -2.18. The summed E-state index contributed by atoms with van der Waals surface area (Å²) in [6, 6.07) is 0.410. The minimum atomic E-state index is -4.33. The zero-order valence-electron chi connectivity index (χ0n) is 10.3. The van der Waals surface area contributed by atoms with Crippen molar-refractivity contribution in [1.29, 1.82) is 0 Å². The molecule has 1 atom stereocenters. The van der Waals surface area contributed by atoms with Gasteiger partial charge in [0.05, 0.1) is 10.1 Å². The minimum Gasteiger partial charge on any atom is -0.309 e. The molecule has 0 aromatic carbocycles. The number of hydrogen-bond donors (Lipinski definition) is 1. The Labute approximate surface area is 118 Å². The van der Waals surface area contributed by atoms with E-state index in [9.17, 15) is 13.2 Å². The Morgan fingerprint density at radius 2 is 2.05 bits per heavy atom. The van der Waals surface area contributed by atoms with Crippen molar-refractivity contribution in [3.05, 3.63) is 15.6 Å². The van der Waals surface area contributed by atoms with Gasteiger partial charge in [0.15, 0.2) is 5.69 Å². The average Bonchev–Trinajstić information content (AvgIpc) is 2.87. The number of hydrogen-bond acceptors (Lipinski definition) is 4. The molecule has 19 heavy (non-hydrogen) atoms. The topological polar surface area (TPSA) is 24.9 Å². The second-order valence-corrected chi connectivity index (χ2v) is 7.40. The first-order valence-corrected chi connectivity index (χ1v) is 8.32. The van der Waals surface area contributed by atoms with Crippen LogP contribution in [0.2, 0.25) is 0 Å². The summed E-state index contributed by atoms with van der Waals surface area (Å²) in [4.78, 5) is 4.24. The fourth-order valence-corrected chi connectivity index (χ4v) is 4.69. The largest absolute Gasteiger partial charge is 0.434 e. The van der Waals surface area contributed by atoms with Gasteiger partial charge in [0.25, 0.3) is 0 Å². The van der Waals surface area contributed by atoms with Crippen LogP contribution in [0.5, 0.6) is 0 Å². The molecule has 2 nitrogen and oxygen atoms in total. The van der Waals surface area contributed by atoms with E-state index >= 15 is 0 Å². The third-order valence-electron chi connectivity index (χ3n) is 3.32. The van der Waals surface area contributed by atoms with E-state index in [1.807, 2.05) is 0 Å². The van der Waals surface area contributed by atoms with E-state index in [1.54, 1.807) is 11.8 Å². The van der Waals surface area contributed by atoms with Gasteiger partial charge in [-0.15, -0.1) is 11.3 Å². The molecule has 2 fully saturated rings. The third kappa shape index (κ3) is 3.25. The Hall–Kier alpha value is -0.270. The molecule has 1 N–H and O–H groups in total. The molecule has 3 rings (SSSR count). The molecule has 0 amide bonds. The molecule has 0 bridgehead atoms. The van der Waals surface area contributed by atoms with Crippen LogP contribution in [0.25, 0.3) is 0 Å². The van der Waals surface area contributed by atoms with E-state index in [0.29, 0.717) is 22.5 Å². The Morgan fingerprint density at radius 1 is 1.26 bits per heavy atom. The standard InChI is InChI=1S/C12H15F3N2S2/c13-12(14,15)10-9(6-16-7-3-4-7)19-11(17-10)8-2-1-5-18-8/h7-8,16H,1-6H2. The van der Waals surface area contributed by atoms with Crippen LogP contribution in [0, 0.1) is 0 Å². The van der Waals surface area contributed by atoms with Crippen molar-refractivity contribution < 1.29 is 13.2 Å². The highest BCUT2D eigenvalue weighted by atomic mass is 32.2. The maximum atomic E-state index is 13.0. The molecule has 106 valence electrons. The van der Waals surface area contributed by atoms with E-state index in [1.165, 1.54) is 11.3 Å². The SMILES string of the molecule is FC(F)(F)c1nc(C2CCCS2)sc1CNC1CC1. The van der Waals surface area contributed by atoms with Gasteiger partial charge in [-0.3, -0.25) is 0 Å². The fourth-order valence-electron chi connectivity index (χ4n) is 2.15. The van der Waals surface area contributed by atoms with E-state index in [4.69, 9.17) is 0 Å². The van der Waals surface area contributed by atoms with Gasteiger partial charge in [0.1, 0.15) is 5.01 Å². The van der Waals surface area contributed by atoms with Crippen molar-refractivity contribution in [3.63, 3.8) is 0 Å². The molecule has 1 aliphatic carbocycles. The van der Waals surface area contributed by atoms with Gasteiger partial charge in [0.2, 0.25) is 0 Å². The molecule has 0 spiro atoms. The Bertz CT molecular complexity index is 448. The molecular formula is C12H15F3N2S2. The van der Waals surface area contributed by atoms with Crippen molar-refractivity contribution >= 4 is 23.1 Å². The van der Waals surface area contributed by atoms with Gasteiger partial charge in [-0.25, -0.2) is 4.98 Å². The monoisotopic (exact) mass is 308 g/mol. The first-order valence-electron chi connectivity index (χ1n) is 6.46. The van der Waals surface area contributed by atoms with Crippen molar-refractivity contribution in [3.8, 4) is 0 Å². The lowest BCUT2D eigenvalue weighted by Gasteiger charge is -2.06. The Kier molecular flexibility index (Phi) is 3.79. The quantitative estimate of drug-likeness (QED) is 0.910. The molecular weight excluding hydrogens is 293 g/mol. The first-order chi connectivity index (χ1) is 9.04. The van der Waals surface area contributed by atoms with Gasteiger partial charge in [-0.1, -0.05) is 0 Å². The van der Waals surface area contributed by atoms with Gasteiger partial charge < -0.3 is 5.32 Å². The summed E-state index contributed by atoms with van der Waals surface area (Å²) in [5.74, 6) is 1.03. The average molecular weight is 308 g/mol. The van der Waals surface area contributed by atoms with Crippen LogP contribution in [-0.4, -0.2) is 16.8 Å². The normalized spacial score (nSPS) is 24.1. The van der Waals surface area contributed by atoms with Gasteiger partial charge in [-0.05, 0) is 31.4 Å². The second-order valence-electron chi connectivity index (χ2n) is 4.98. The van der Waals surface area contributed by atoms with E-state index in [0.717, 1.165) is 31.4 Å². The highest BCUT2D eigenvalue weighted by Gasteiger charge is 2.38. The van der Waals surface area contributed by atoms with Crippen LogP contribution in [-0.2, 0) is 12.7 Å². The number of nitrogens with one attached hydrogen (secondary N) is 1. The summed E-state index contributed by atoms with van der Waals surface area (Å²) in [5.41, 5.74) is -0.673. The summed E-state index contributed by atoms with van der Waals surface area (Å²) in [5, 5.41) is 3.98. The second kappa shape index (κ2) is 5.26. The number of halogens is 3. The summed E-state index contributed by atoms with van der Waals surface area (Å²) < 4.78 is 39.0. The number of nitrogens with zero attached hydrogens (tertiary/aromatic N) is 1. The predicted molar refractivity (Wildman–Crippen MR) is 71.4 cm³/mol. The van der Waals surface area contributed by atoms with Crippen LogP contribution < -0.4 is 5.32 Å². The molecule has 2 heterocycles. The van der Waals surface area contributed by atoms with Gasteiger partial charge >= 0.3 is 6.18 Å². The van der Waals surface area contributed by atoms with E-state index in [2.05, 4.69) is 10.3 Å². The van der Waals surface area contributed by atoms with Crippen LogP contribution in [0.4, 0.5) is 13.2 Å². The number of thiazole rings is 1. The lowest BCUT2D eigenvalue weighted by molar-refractivity contribution is -0.141. The number of alkyl halides is 3. The number of aromatic nitrogens is 1. The van der Waals surface area contributed by atoms with Crippen molar-refractivity contribution in [2.24, 2.45) is 0 Å². The molecule has 0 radical (unpaired) electrons. The van der Waals surface area contributed by atoms with Crippen molar-refractivity contribution in [2.45, 2.75) is 49.7 Å². The molecule has 1 aliphatic heterocycles. The molecule has 1 aromatic heterocycles. The van der Waals surface area contributed by atoms with Crippen LogP contribution in [0.3, 0.4) is 0 Å². The van der Waals surface area contributed by atoms with Crippen LogP contribution in [0.1, 0.15) is 46.5 Å². The fraction of sp³-hybridized carbons (Fsp3) is 0.750. The summed E-state index contributed by atoms with van der Waals surface area (Å²) in [6.45, 7) is 0.300. The third-order valence-corrected chi connectivity index (χ3v) is 6.02. The highest BCUT2D eigenvalue weighted by Crippen LogP contribution is 2.44. The Balaban J connectivity index is 1.81. The zero-order valence-corrected chi connectivity index (χ0v) is 11.9. The predicted octanol–water partition coefficient (Wildman–Crippen LogP) is 3.98. The Morgan fingerprint density at radius 3 is 2.63 bits per heavy atom. The smallest absolute Gasteiger partial charge is 0.309 e. The first kappa shape index (κ1) is 13.7. The highest BCUT2D eigenvalue weighted by molar-refractivity contribution is 7.99. The number of rotatable bonds is 4. The van der Waals surface area contributed by atoms with Gasteiger partial charge in [0, 0.05) is 12.6 Å². The van der Waals surface area contributed by atoms with Crippen molar-refractivity contribution in [1.82, 2.24) is 10.3 Å². The summed E-state index contributed by atoms with van der Waals surface area (Å²) in [6.07, 6.45) is -0.160. The zero-order chi connectivity index (χ0) is 13.5. The maximum absolute atomic E-state index is 13.0. The molecule has 2 aliphatic rings. The maximum Gasteiger partial charge on any atom is 0.434 e. The lowest BCUT2D eigenvalue weighted by atomic mass is 10.2. The van der Waals surface area contributed by atoms with E-state index in [-0.39, 0.29) is 5.25 Å². The molecule has 1 saturated heterocycles. The molecule has 1 unspecified atom stereocenters. The minimum absolute atomic E-state index is 0.167. The van der Waals surface area contributed by atoms with Crippen LogP contribution >= 0.6 is 23.1 Å². The van der Waals surface area contributed by atoms with Crippen LogP contribution in [0.15, 0.2) is 0 Å². The van der Waals surface area contributed by atoms with Crippen molar-refractivity contribution in [2.75, 3.05) is 5.75 Å².